The fourth-order valence-electron chi connectivity index (χ4n) is 1.92. The van der Waals surface area contributed by atoms with Crippen LogP contribution in [0, 0.1) is 0 Å². The molecule has 5 nitrogen and oxygen atoms in total. The van der Waals surface area contributed by atoms with E-state index in [0.29, 0.717) is 24.9 Å². The highest BCUT2D eigenvalue weighted by molar-refractivity contribution is 7.91. The van der Waals surface area contributed by atoms with Gasteiger partial charge in [0.1, 0.15) is 9.84 Å². The molecule has 0 amide bonds. The van der Waals surface area contributed by atoms with Crippen LogP contribution in [-0.2, 0) is 16.4 Å². The molecule has 1 aliphatic rings. The smallest absolute Gasteiger partial charge is 0.336 e. The van der Waals surface area contributed by atoms with Crippen molar-refractivity contribution in [2.24, 2.45) is 0 Å². The molecular weight excluding hydrogens is 274 g/mol. The minimum absolute atomic E-state index is 0.212. The van der Waals surface area contributed by atoms with E-state index in [0.717, 1.165) is 4.88 Å². The number of hydrogen-bond acceptors (Lipinski definition) is 5. The van der Waals surface area contributed by atoms with Crippen molar-refractivity contribution in [2.75, 3.05) is 11.5 Å². The van der Waals surface area contributed by atoms with E-state index in [-0.39, 0.29) is 17.5 Å². The first-order chi connectivity index (χ1) is 8.46. The van der Waals surface area contributed by atoms with Crippen LogP contribution < -0.4 is 5.32 Å². The van der Waals surface area contributed by atoms with Crippen LogP contribution in [0.15, 0.2) is 11.4 Å². The molecule has 0 bridgehead atoms. The Bertz CT molecular complexity index is 521. The van der Waals surface area contributed by atoms with Gasteiger partial charge in [0.25, 0.3) is 0 Å². The Hall–Kier alpha value is -0.920. The second kappa shape index (κ2) is 5.38. The maximum absolute atomic E-state index is 11.3. The van der Waals surface area contributed by atoms with E-state index in [9.17, 15) is 13.2 Å². The second-order valence-electron chi connectivity index (χ2n) is 4.41. The molecule has 2 rings (SSSR count). The van der Waals surface area contributed by atoms with Crippen molar-refractivity contribution < 1.29 is 18.3 Å². The van der Waals surface area contributed by atoms with E-state index >= 15 is 0 Å². The van der Waals surface area contributed by atoms with Gasteiger partial charge in [-0.05, 0) is 18.9 Å². The van der Waals surface area contributed by atoms with Crippen LogP contribution in [-0.4, -0.2) is 37.0 Å². The topological polar surface area (TPSA) is 83.5 Å². The summed E-state index contributed by atoms with van der Waals surface area (Å²) in [7, 11) is -2.82. The van der Waals surface area contributed by atoms with Crippen LogP contribution in [0.25, 0.3) is 0 Å². The molecule has 1 aromatic heterocycles. The Kier molecular flexibility index (Phi) is 4.04. The van der Waals surface area contributed by atoms with Gasteiger partial charge in [-0.2, -0.15) is 0 Å². The van der Waals surface area contributed by atoms with E-state index in [1.165, 1.54) is 11.3 Å². The lowest BCUT2D eigenvalue weighted by Gasteiger charge is -2.22. The Morgan fingerprint density at radius 2 is 2.11 bits per heavy atom. The van der Waals surface area contributed by atoms with E-state index in [1.807, 2.05) is 0 Å². The molecule has 0 aliphatic carbocycles. The highest BCUT2D eigenvalue weighted by Crippen LogP contribution is 2.17. The van der Waals surface area contributed by atoms with Gasteiger partial charge in [0.15, 0.2) is 0 Å². The molecule has 0 spiro atoms. The van der Waals surface area contributed by atoms with Gasteiger partial charge in [-0.1, -0.05) is 0 Å². The van der Waals surface area contributed by atoms with Gasteiger partial charge in [-0.25, -0.2) is 13.2 Å². The van der Waals surface area contributed by atoms with Crippen LogP contribution in [0.3, 0.4) is 0 Å². The van der Waals surface area contributed by atoms with Crippen LogP contribution in [0.4, 0.5) is 0 Å². The summed E-state index contributed by atoms with van der Waals surface area (Å²) >= 11 is 1.40. The zero-order valence-corrected chi connectivity index (χ0v) is 11.4. The standard InChI is InChI=1S/C11H15NO4S2/c13-11(14)8-5-10(17-7-8)6-12-9-1-3-18(15,16)4-2-9/h5,7,9,12H,1-4,6H2,(H,13,14). The van der Waals surface area contributed by atoms with Gasteiger partial charge in [0.2, 0.25) is 0 Å². The lowest BCUT2D eigenvalue weighted by molar-refractivity contribution is 0.0697. The van der Waals surface area contributed by atoms with E-state index in [2.05, 4.69) is 5.32 Å². The number of thiophene rings is 1. The molecular formula is C11H15NO4S2. The number of nitrogens with one attached hydrogen (secondary N) is 1. The average molecular weight is 289 g/mol. The third kappa shape index (κ3) is 3.54. The largest absolute Gasteiger partial charge is 0.478 e. The quantitative estimate of drug-likeness (QED) is 0.867. The number of aromatic carboxylic acids is 1. The summed E-state index contributed by atoms with van der Waals surface area (Å²) in [5.41, 5.74) is 0.308. The SMILES string of the molecule is O=C(O)c1csc(CNC2CCS(=O)(=O)CC2)c1. The lowest BCUT2D eigenvalue weighted by Crippen LogP contribution is -2.36. The fourth-order valence-corrected chi connectivity index (χ4v) is 4.22. The predicted molar refractivity (Wildman–Crippen MR) is 69.8 cm³/mol. The van der Waals surface area contributed by atoms with Gasteiger partial charge in [0.05, 0.1) is 17.1 Å². The Labute approximate surface area is 110 Å². The third-order valence-electron chi connectivity index (χ3n) is 3.02. The van der Waals surface area contributed by atoms with E-state index < -0.39 is 15.8 Å². The molecule has 1 fully saturated rings. The molecule has 0 atom stereocenters. The first kappa shape index (κ1) is 13.5. The van der Waals surface area contributed by atoms with E-state index in [4.69, 9.17) is 5.11 Å². The van der Waals surface area contributed by atoms with Gasteiger partial charge >= 0.3 is 5.97 Å². The predicted octanol–water partition coefficient (Wildman–Crippen LogP) is 1.11. The molecule has 100 valence electrons. The van der Waals surface area contributed by atoms with Gasteiger partial charge in [0, 0.05) is 22.8 Å². The number of carbonyl (C=O) groups is 1. The molecule has 7 heteroatoms. The molecule has 18 heavy (non-hydrogen) atoms. The van der Waals surface area contributed by atoms with Crippen molar-refractivity contribution in [3.8, 4) is 0 Å². The summed E-state index contributed by atoms with van der Waals surface area (Å²) in [5, 5.41) is 13.7. The molecule has 0 unspecified atom stereocenters. The Morgan fingerprint density at radius 1 is 1.44 bits per heavy atom. The van der Waals surface area contributed by atoms with Crippen LogP contribution >= 0.6 is 11.3 Å². The van der Waals surface area contributed by atoms with Crippen molar-refractivity contribution >= 4 is 27.1 Å². The maximum Gasteiger partial charge on any atom is 0.336 e. The van der Waals surface area contributed by atoms with Crippen molar-refractivity contribution in [2.45, 2.75) is 25.4 Å². The minimum Gasteiger partial charge on any atom is -0.478 e. The van der Waals surface area contributed by atoms with Crippen LogP contribution in [0.2, 0.25) is 0 Å². The van der Waals surface area contributed by atoms with Crippen molar-refractivity contribution in [1.29, 1.82) is 0 Å². The third-order valence-corrected chi connectivity index (χ3v) is 5.67. The monoisotopic (exact) mass is 289 g/mol. The lowest BCUT2D eigenvalue weighted by atomic mass is 10.1. The molecule has 2 heterocycles. The van der Waals surface area contributed by atoms with Crippen molar-refractivity contribution in [3.63, 3.8) is 0 Å². The van der Waals surface area contributed by atoms with Crippen LogP contribution in [0.1, 0.15) is 28.1 Å². The summed E-state index contributed by atoms with van der Waals surface area (Å²) in [6.07, 6.45) is 1.28. The number of carboxylic acid groups (broad SMARTS) is 1. The highest BCUT2D eigenvalue weighted by atomic mass is 32.2. The second-order valence-corrected chi connectivity index (χ2v) is 7.71. The summed E-state index contributed by atoms with van der Waals surface area (Å²) in [5.74, 6) is -0.424. The van der Waals surface area contributed by atoms with E-state index in [1.54, 1.807) is 11.4 Å². The normalized spacial score (nSPS) is 19.8. The molecule has 1 aromatic rings. The first-order valence-corrected chi connectivity index (χ1v) is 8.41. The molecule has 0 saturated carbocycles. The summed E-state index contributed by atoms with van der Waals surface area (Å²) < 4.78 is 22.5. The summed E-state index contributed by atoms with van der Waals surface area (Å²) in [6, 6.07) is 1.86. The van der Waals surface area contributed by atoms with Crippen LogP contribution in [0.5, 0.6) is 0 Å². The number of sulfone groups is 1. The number of rotatable bonds is 4. The molecule has 0 aromatic carbocycles. The zero-order chi connectivity index (χ0) is 13.2. The van der Waals surface area contributed by atoms with Gasteiger partial charge in [-0.15, -0.1) is 11.3 Å². The molecule has 0 radical (unpaired) electrons. The Balaban J connectivity index is 1.83. The minimum atomic E-state index is -2.82. The molecule has 1 aliphatic heterocycles. The zero-order valence-electron chi connectivity index (χ0n) is 9.76. The van der Waals surface area contributed by atoms with Gasteiger partial charge < -0.3 is 10.4 Å². The molecule has 1 saturated heterocycles. The van der Waals surface area contributed by atoms with Gasteiger partial charge in [-0.3, -0.25) is 0 Å². The Morgan fingerprint density at radius 3 is 2.67 bits per heavy atom. The summed E-state index contributed by atoms with van der Waals surface area (Å²) in [6.45, 7) is 0.600. The molecule has 2 N–H and O–H groups in total. The maximum atomic E-state index is 11.3. The highest BCUT2D eigenvalue weighted by Gasteiger charge is 2.23. The van der Waals surface area contributed by atoms with Crippen molar-refractivity contribution in [1.82, 2.24) is 5.32 Å². The average Bonchev–Trinajstić information content (AvgIpc) is 2.76. The fraction of sp³-hybridized carbons (Fsp3) is 0.545. The van der Waals surface area contributed by atoms with Crippen molar-refractivity contribution in [3.05, 3.63) is 21.9 Å². The first-order valence-electron chi connectivity index (χ1n) is 5.71. The summed E-state index contributed by atoms with van der Waals surface area (Å²) in [4.78, 5) is 11.7. The number of carboxylic acids is 1. The number of hydrogen-bond donors (Lipinski definition) is 2.